The average molecular weight is 379 g/mol. The Hall–Kier alpha value is -2.70. The van der Waals surface area contributed by atoms with Gasteiger partial charge in [-0.1, -0.05) is 60.7 Å². The van der Waals surface area contributed by atoms with E-state index in [9.17, 15) is 0 Å². The lowest BCUT2D eigenvalue weighted by molar-refractivity contribution is 0.644. The third-order valence-corrected chi connectivity index (χ3v) is 6.69. The molecule has 1 aliphatic carbocycles. The highest BCUT2D eigenvalue weighted by molar-refractivity contribution is 7.41. The van der Waals surface area contributed by atoms with Gasteiger partial charge in [0, 0.05) is 10.8 Å². The summed E-state index contributed by atoms with van der Waals surface area (Å²) in [5, 5.41) is 6.98. The molecule has 1 fully saturated rings. The summed E-state index contributed by atoms with van der Waals surface area (Å²) in [6, 6.07) is 25.3. The molecule has 2 nitrogen and oxygen atoms in total. The fourth-order valence-corrected chi connectivity index (χ4v) is 5.28. The third-order valence-electron chi connectivity index (χ3n) is 5.25. The molecule has 133 valence electrons. The smallest absolute Gasteiger partial charge is 0.225 e. The van der Waals surface area contributed by atoms with Gasteiger partial charge in [0.05, 0.1) is 5.66 Å². The first kappa shape index (κ1) is 16.3. The van der Waals surface area contributed by atoms with Gasteiger partial charge in [-0.05, 0) is 59.4 Å². The van der Waals surface area contributed by atoms with Gasteiger partial charge in [0.15, 0.2) is 0 Å². The van der Waals surface area contributed by atoms with E-state index in [0.717, 1.165) is 27.6 Å². The highest BCUT2D eigenvalue weighted by atomic mass is 31.1. The maximum Gasteiger partial charge on any atom is 0.225 e. The predicted molar refractivity (Wildman–Crippen MR) is 117 cm³/mol. The molecule has 6 rings (SSSR count). The van der Waals surface area contributed by atoms with Crippen LogP contribution in [0.5, 0.6) is 0 Å². The normalized spacial score (nSPS) is 15.1. The SMILES string of the molecule is [CH]1[CH][CH][C](p2oc3ccc4ccccc4c3c3c(ccc4ccccc43)o2)[CH]1. The number of benzene rings is 4. The zero-order valence-electron chi connectivity index (χ0n) is 15.0. The first-order valence-corrected chi connectivity index (χ1v) is 10.5. The summed E-state index contributed by atoms with van der Waals surface area (Å²) in [6.07, 6.45) is 8.19. The van der Waals surface area contributed by atoms with Crippen LogP contribution in [0.3, 0.4) is 0 Å². The van der Waals surface area contributed by atoms with Crippen LogP contribution >= 0.6 is 8.01 Å². The summed E-state index contributed by atoms with van der Waals surface area (Å²) in [5.74, 6) is 0. The van der Waals surface area contributed by atoms with E-state index in [1.807, 2.05) is 12.8 Å². The molecule has 0 atom stereocenters. The third kappa shape index (κ3) is 2.48. The molecule has 28 heavy (non-hydrogen) atoms. The maximum absolute atomic E-state index is 6.48. The van der Waals surface area contributed by atoms with Gasteiger partial charge < -0.3 is 8.39 Å². The molecule has 0 aliphatic heterocycles. The van der Waals surface area contributed by atoms with Crippen molar-refractivity contribution in [3.8, 4) is 0 Å². The lowest BCUT2D eigenvalue weighted by Crippen LogP contribution is -1.80. The molecule has 1 aromatic heterocycles. The van der Waals surface area contributed by atoms with Gasteiger partial charge in [-0.2, -0.15) is 0 Å². The van der Waals surface area contributed by atoms with Crippen molar-refractivity contribution in [2.75, 3.05) is 0 Å². The summed E-state index contributed by atoms with van der Waals surface area (Å²) in [4.78, 5) is 0. The van der Waals surface area contributed by atoms with Gasteiger partial charge in [0.25, 0.3) is 0 Å². The van der Waals surface area contributed by atoms with Gasteiger partial charge in [-0.15, -0.1) is 0 Å². The minimum atomic E-state index is -1.24. The van der Waals surface area contributed by atoms with Crippen LogP contribution in [0.2, 0.25) is 0 Å². The Morgan fingerprint density at radius 2 is 1.04 bits per heavy atom. The summed E-state index contributed by atoms with van der Waals surface area (Å²) < 4.78 is 13.0. The highest BCUT2D eigenvalue weighted by Crippen LogP contribution is 2.49. The second-order valence-corrected chi connectivity index (χ2v) is 8.30. The van der Waals surface area contributed by atoms with Crippen LogP contribution in [-0.4, -0.2) is 0 Å². The Bertz CT molecular complexity index is 1280. The molecule has 1 saturated carbocycles. The van der Waals surface area contributed by atoms with Crippen LogP contribution in [0.25, 0.3) is 43.5 Å². The highest BCUT2D eigenvalue weighted by Gasteiger charge is 2.24. The molecule has 0 N–H and O–H groups in total. The van der Waals surface area contributed by atoms with Crippen molar-refractivity contribution < 1.29 is 8.39 Å². The van der Waals surface area contributed by atoms with Crippen LogP contribution < -0.4 is 0 Å². The molecule has 3 heteroatoms. The number of hydrogen-bond donors (Lipinski definition) is 0. The molecule has 0 amide bonds. The van der Waals surface area contributed by atoms with Gasteiger partial charge in [-0.3, -0.25) is 0 Å². The molecule has 5 radical (unpaired) electrons. The Morgan fingerprint density at radius 1 is 0.536 bits per heavy atom. The van der Waals surface area contributed by atoms with Crippen molar-refractivity contribution in [1.29, 1.82) is 0 Å². The molecular weight excluding hydrogens is 363 g/mol. The van der Waals surface area contributed by atoms with Crippen molar-refractivity contribution in [3.63, 3.8) is 0 Å². The second kappa shape index (κ2) is 6.43. The van der Waals surface area contributed by atoms with Crippen molar-refractivity contribution in [2.45, 2.75) is 0 Å². The largest absolute Gasteiger partial charge is 0.419 e. The molecule has 0 bridgehead atoms. The maximum atomic E-state index is 6.48. The Balaban J connectivity index is 1.89. The summed E-state index contributed by atoms with van der Waals surface area (Å²) in [6.45, 7) is 0. The number of rotatable bonds is 1. The fourth-order valence-electron chi connectivity index (χ4n) is 3.96. The van der Waals surface area contributed by atoms with Crippen molar-refractivity contribution in [3.05, 3.63) is 104 Å². The van der Waals surface area contributed by atoms with Crippen LogP contribution in [0.15, 0.2) is 81.2 Å². The second-order valence-electron chi connectivity index (χ2n) is 6.90. The van der Waals surface area contributed by atoms with Crippen LogP contribution in [0.1, 0.15) is 0 Å². The zero-order chi connectivity index (χ0) is 18.5. The topological polar surface area (TPSA) is 26.3 Å². The van der Waals surface area contributed by atoms with Crippen molar-refractivity contribution >= 4 is 51.5 Å². The quantitative estimate of drug-likeness (QED) is 0.297. The minimum absolute atomic E-state index is 0.876. The lowest BCUT2D eigenvalue weighted by Gasteiger charge is -2.05. The average Bonchev–Trinajstić information content (AvgIpc) is 3.22. The fraction of sp³-hybridized carbons (Fsp3) is 0. The molecular formula is C25H16O2P. The zero-order valence-corrected chi connectivity index (χ0v) is 15.9. The predicted octanol–water partition coefficient (Wildman–Crippen LogP) is 7.81. The number of fused-ring (bicyclic) bond motifs is 7. The summed E-state index contributed by atoms with van der Waals surface area (Å²) >= 11 is 0. The van der Waals surface area contributed by atoms with Crippen LogP contribution in [-0.2, 0) is 0 Å². The molecule has 1 heterocycles. The lowest BCUT2D eigenvalue weighted by atomic mass is 9.99. The summed E-state index contributed by atoms with van der Waals surface area (Å²) in [7, 11) is -1.24. The first-order valence-electron chi connectivity index (χ1n) is 9.30. The molecule has 1 aliphatic rings. The van der Waals surface area contributed by atoms with E-state index in [1.165, 1.54) is 21.5 Å². The van der Waals surface area contributed by atoms with E-state index in [0.29, 0.717) is 0 Å². The van der Waals surface area contributed by atoms with Gasteiger partial charge >= 0.3 is 0 Å². The van der Waals surface area contributed by atoms with E-state index >= 15 is 0 Å². The van der Waals surface area contributed by atoms with E-state index in [2.05, 4.69) is 85.6 Å². The Morgan fingerprint density at radius 3 is 1.57 bits per heavy atom. The number of hydrogen-bond acceptors (Lipinski definition) is 2. The first-order chi connectivity index (χ1) is 13.9. The van der Waals surface area contributed by atoms with Gasteiger partial charge in [0.1, 0.15) is 11.2 Å². The minimum Gasteiger partial charge on any atom is -0.419 e. The van der Waals surface area contributed by atoms with E-state index < -0.39 is 8.01 Å². The molecule has 0 unspecified atom stereocenters. The Kier molecular flexibility index (Phi) is 3.74. The van der Waals surface area contributed by atoms with E-state index in [-0.39, 0.29) is 0 Å². The monoisotopic (exact) mass is 379 g/mol. The van der Waals surface area contributed by atoms with Crippen molar-refractivity contribution in [1.82, 2.24) is 0 Å². The van der Waals surface area contributed by atoms with E-state index in [1.54, 1.807) is 0 Å². The van der Waals surface area contributed by atoms with E-state index in [4.69, 9.17) is 8.39 Å². The van der Waals surface area contributed by atoms with Gasteiger partial charge in [-0.25, -0.2) is 0 Å². The molecule has 0 spiro atoms. The standard InChI is InChI=1S/C25H16O2P/c1-5-11-20-17(7-1)13-15-22-24(20)25-21-12-6-2-8-18(21)14-16-23(25)27-28(26-22)19-9-3-4-10-19/h1-16H. The van der Waals surface area contributed by atoms with Crippen LogP contribution in [0, 0.1) is 31.3 Å². The van der Waals surface area contributed by atoms with Crippen molar-refractivity contribution in [2.24, 2.45) is 0 Å². The Labute approximate surface area is 164 Å². The molecule has 4 aromatic carbocycles. The van der Waals surface area contributed by atoms with Crippen LogP contribution in [0.4, 0.5) is 0 Å². The van der Waals surface area contributed by atoms with Gasteiger partial charge in [0.2, 0.25) is 8.01 Å². The molecule has 5 aromatic rings. The summed E-state index contributed by atoms with van der Waals surface area (Å²) in [5.41, 5.74) is 2.83. The molecule has 0 saturated heterocycles.